The number of likely N-dealkylation sites (tertiary alicyclic amines) is 1. The second-order valence-corrected chi connectivity index (χ2v) is 13.0. The first kappa shape index (κ1) is 26.3. The second kappa shape index (κ2) is 10.3. The third kappa shape index (κ3) is 7.01. The average Bonchev–Trinajstić information content (AvgIpc) is 2.72. The van der Waals surface area contributed by atoms with E-state index in [2.05, 4.69) is 10.0 Å². The van der Waals surface area contributed by atoms with Gasteiger partial charge in [0.2, 0.25) is 21.8 Å². The van der Waals surface area contributed by atoms with E-state index in [-0.39, 0.29) is 55.1 Å². The van der Waals surface area contributed by atoms with Crippen LogP contribution in [0.5, 0.6) is 0 Å². The molecule has 0 atom stereocenters. The molecule has 1 aromatic carbocycles. The van der Waals surface area contributed by atoms with E-state index in [1.54, 1.807) is 29.2 Å². The minimum atomic E-state index is -3.73. The molecule has 0 spiro atoms. The summed E-state index contributed by atoms with van der Waals surface area (Å²) in [5.41, 5.74) is 0.935. The van der Waals surface area contributed by atoms with E-state index < -0.39 is 36.8 Å². The van der Waals surface area contributed by atoms with Crippen molar-refractivity contribution in [1.29, 1.82) is 0 Å². The normalized spacial score (nSPS) is 16.1. The van der Waals surface area contributed by atoms with Gasteiger partial charge in [0.05, 0.1) is 10.1 Å². The fraction of sp³-hybridized carbons (Fsp3) is 0.619. The first-order valence-corrected chi connectivity index (χ1v) is 13.8. The Morgan fingerprint density at radius 1 is 1.03 bits per heavy atom. The van der Waals surface area contributed by atoms with Crippen molar-refractivity contribution in [3.05, 3.63) is 29.8 Å². The quantitative estimate of drug-likeness (QED) is 0.558. The number of hydrogen-bond donors (Lipinski definition) is 2. The molecular formula is C21H33N3O6S2. The predicted molar refractivity (Wildman–Crippen MR) is 122 cm³/mol. The number of hydrogen-bond acceptors (Lipinski definition) is 6. The Morgan fingerprint density at radius 3 is 2.09 bits per heavy atom. The van der Waals surface area contributed by atoms with Crippen LogP contribution in [-0.2, 0) is 34.9 Å². The van der Waals surface area contributed by atoms with Crippen LogP contribution in [-0.4, -0.2) is 71.2 Å². The average molecular weight is 488 g/mol. The van der Waals surface area contributed by atoms with E-state index >= 15 is 0 Å². The molecule has 0 aliphatic carbocycles. The summed E-state index contributed by atoms with van der Waals surface area (Å²) >= 11 is 0. The maximum Gasteiger partial charge on any atom is 0.240 e. The van der Waals surface area contributed by atoms with Crippen LogP contribution in [0.25, 0.3) is 0 Å². The van der Waals surface area contributed by atoms with Gasteiger partial charge in [-0.15, -0.1) is 0 Å². The summed E-state index contributed by atoms with van der Waals surface area (Å²) < 4.78 is 52.0. The van der Waals surface area contributed by atoms with Gasteiger partial charge in [-0.05, 0) is 36.0 Å². The van der Waals surface area contributed by atoms with Gasteiger partial charge in [0.25, 0.3) is 0 Å². The number of nitrogens with one attached hydrogen (secondary N) is 2. The molecule has 2 rings (SSSR count). The molecule has 1 fully saturated rings. The molecule has 2 N–H and O–H groups in total. The number of sulfonamides is 1. The summed E-state index contributed by atoms with van der Waals surface area (Å²) in [6, 6.07) is 6.66. The van der Waals surface area contributed by atoms with Crippen molar-refractivity contribution < 1.29 is 26.4 Å². The summed E-state index contributed by atoms with van der Waals surface area (Å²) in [6.07, 6.45) is 0.503. The highest BCUT2D eigenvalue weighted by Gasteiger charge is 2.32. The Hall–Kier alpha value is -1.98. The third-order valence-corrected chi connectivity index (χ3v) is 9.20. The molecule has 0 saturated carbocycles. The van der Waals surface area contributed by atoms with Gasteiger partial charge in [0, 0.05) is 33.1 Å². The SMILES string of the molecule is CNC(=O)CS(=O)(=O)C1CCN(C(=O)CCNS(=O)(=O)c2ccc(C(C)(C)C)cc2)CC1. The number of amides is 2. The van der Waals surface area contributed by atoms with Crippen LogP contribution in [0.3, 0.4) is 0 Å². The highest BCUT2D eigenvalue weighted by atomic mass is 32.2. The number of carbonyl (C=O) groups excluding carboxylic acids is 2. The topological polar surface area (TPSA) is 130 Å². The smallest absolute Gasteiger partial charge is 0.240 e. The van der Waals surface area contributed by atoms with Crippen LogP contribution >= 0.6 is 0 Å². The molecule has 1 aliphatic heterocycles. The van der Waals surface area contributed by atoms with E-state index in [0.29, 0.717) is 0 Å². The summed E-state index contributed by atoms with van der Waals surface area (Å²) in [5.74, 6) is -1.34. The van der Waals surface area contributed by atoms with Gasteiger partial charge in [0.1, 0.15) is 5.75 Å². The Bertz CT molecular complexity index is 1020. The summed E-state index contributed by atoms with van der Waals surface area (Å²) in [6.45, 7) is 6.60. The molecule has 0 aromatic heterocycles. The summed E-state index contributed by atoms with van der Waals surface area (Å²) in [7, 11) is -5.91. The van der Waals surface area contributed by atoms with E-state index in [1.807, 2.05) is 20.8 Å². The van der Waals surface area contributed by atoms with Gasteiger partial charge < -0.3 is 10.2 Å². The maximum atomic E-state index is 12.5. The van der Waals surface area contributed by atoms with Crippen molar-refractivity contribution in [1.82, 2.24) is 14.9 Å². The molecule has 32 heavy (non-hydrogen) atoms. The lowest BCUT2D eigenvalue weighted by molar-refractivity contribution is -0.131. The lowest BCUT2D eigenvalue weighted by Crippen LogP contribution is -2.45. The molecule has 0 radical (unpaired) electrons. The van der Waals surface area contributed by atoms with Crippen LogP contribution in [0, 0.1) is 0 Å². The van der Waals surface area contributed by atoms with Gasteiger partial charge in [-0.25, -0.2) is 21.6 Å². The molecule has 9 nitrogen and oxygen atoms in total. The van der Waals surface area contributed by atoms with Crippen LogP contribution in [0.1, 0.15) is 45.6 Å². The molecule has 1 aliphatic rings. The number of sulfone groups is 1. The van der Waals surface area contributed by atoms with Gasteiger partial charge in [-0.2, -0.15) is 0 Å². The highest BCUT2D eigenvalue weighted by molar-refractivity contribution is 7.92. The van der Waals surface area contributed by atoms with Crippen molar-refractivity contribution in [2.75, 3.05) is 32.4 Å². The number of benzene rings is 1. The summed E-state index contributed by atoms with van der Waals surface area (Å²) in [5, 5.41) is 1.65. The van der Waals surface area contributed by atoms with Crippen LogP contribution in [0.2, 0.25) is 0 Å². The van der Waals surface area contributed by atoms with E-state index in [4.69, 9.17) is 0 Å². The van der Waals surface area contributed by atoms with Gasteiger partial charge >= 0.3 is 0 Å². The van der Waals surface area contributed by atoms with E-state index in [9.17, 15) is 26.4 Å². The second-order valence-electron chi connectivity index (χ2n) is 8.98. The Balaban J connectivity index is 1.84. The molecule has 180 valence electrons. The van der Waals surface area contributed by atoms with Crippen molar-refractivity contribution in [3.63, 3.8) is 0 Å². The number of carbonyl (C=O) groups is 2. The molecule has 1 aromatic rings. The van der Waals surface area contributed by atoms with Crippen molar-refractivity contribution in [2.24, 2.45) is 0 Å². The Morgan fingerprint density at radius 2 is 1.59 bits per heavy atom. The van der Waals surface area contributed by atoms with E-state index in [0.717, 1.165) is 5.56 Å². The first-order valence-electron chi connectivity index (χ1n) is 10.6. The maximum absolute atomic E-state index is 12.5. The van der Waals surface area contributed by atoms with Crippen molar-refractivity contribution >= 4 is 31.7 Å². The van der Waals surface area contributed by atoms with Gasteiger partial charge in [0.15, 0.2) is 9.84 Å². The predicted octanol–water partition coefficient (Wildman–Crippen LogP) is 0.804. The monoisotopic (exact) mass is 487 g/mol. The zero-order chi connectivity index (χ0) is 24.2. The van der Waals surface area contributed by atoms with Crippen LogP contribution in [0.15, 0.2) is 29.2 Å². The Kier molecular flexibility index (Phi) is 8.46. The lowest BCUT2D eigenvalue weighted by Gasteiger charge is -2.31. The minimum absolute atomic E-state index is 0.0189. The number of nitrogens with zero attached hydrogens (tertiary/aromatic N) is 1. The minimum Gasteiger partial charge on any atom is -0.358 e. The molecule has 11 heteroatoms. The van der Waals surface area contributed by atoms with Crippen molar-refractivity contribution in [3.8, 4) is 0 Å². The molecule has 2 amide bonds. The van der Waals surface area contributed by atoms with Crippen LogP contribution < -0.4 is 10.0 Å². The molecule has 1 saturated heterocycles. The first-order chi connectivity index (χ1) is 14.8. The summed E-state index contributed by atoms with van der Waals surface area (Å²) in [4.78, 5) is 25.5. The highest BCUT2D eigenvalue weighted by Crippen LogP contribution is 2.23. The molecule has 1 heterocycles. The third-order valence-electron chi connectivity index (χ3n) is 5.58. The van der Waals surface area contributed by atoms with Crippen molar-refractivity contribution in [2.45, 2.75) is 55.6 Å². The lowest BCUT2D eigenvalue weighted by atomic mass is 9.87. The largest absolute Gasteiger partial charge is 0.358 e. The fourth-order valence-electron chi connectivity index (χ4n) is 3.50. The van der Waals surface area contributed by atoms with Gasteiger partial charge in [-0.3, -0.25) is 9.59 Å². The fourth-order valence-corrected chi connectivity index (χ4v) is 6.21. The zero-order valence-electron chi connectivity index (χ0n) is 19.0. The van der Waals surface area contributed by atoms with Crippen LogP contribution in [0.4, 0.5) is 0 Å². The molecule has 0 unspecified atom stereocenters. The van der Waals surface area contributed by atoms with E-state index in [1.165, 1.54) is 7.05 Å². The zero-order valence-corrected chi connectivity index (χ0v) is 20.7. The molecule has 0 bridgehead atoms. The number of piperidine rings is 1. The molecular weight excluding hydrogens is 454 g/mol. The van der Waals surface area contributed by atoms with Gasteiger partial charge in [-0.1, -0.05) is 32.9 Å². The number of rotatable bonds is 8. The Labute approximate surface area is 190 Å². The standard InChI is InChI=1S/C21H33N3O6S2/c1-21(2,3)16-5-7-18(8-6-16)32(29,30)23-12-9-20(26)24-13-10-17(11-14-24)31(27,28)15-19(25)22-4/h5-8,17,23H,9-15H2,1-4H3,(H,22,25).